The minimum absolute atomic E-state index is 0.0583. The maximum atomic E-state index is 12.8. The predicted molar refractivity (Wildman–Crippen MR) is 100 cm³/mol. The molecule has 0 aliphatic heterocycles. The number of aromatic hydroxyl groups is 1. The Morgan fingerprint density at radius 1 is 0.786 bits per heavy atom. The van der Waals surface area contributed by atoms with E-state index in [-0.39, 0.29) is 40.2 Å². The minimum Gasteiger partial charge on any atom is -0.617 e. The summed E-state index contributed by atoms with van der Waals surface area (Å²) in [6, 6.07) is 9.06. The quantitative estimate of drug-likeness (QED) is 0.238. The zero-order valence-corrected chi connectivity index (χ0v) is 15.5. The molecule has 9 nitrogen and oxygen atoms in total. The van der Waals surface area contributed by atoms with Gasteiger partial charge in [0.25, 0.3) is 11.0 Å². The topological polar surface area (TPSA) is 111 Å². The smallest absolute Gasteiger partial charge is 0.332 e. The Bertz CT molecular complexity index is 949. The third-order valence-electron chi connectivity index (χ3n) is 4.10. The molecule has 3 aromatic rings. The first-order chi connectivity index (χ1) is 13.6. The number of phenolic OH excluding ortho intramolecular Hbond substituents is 1. The summed E-state index contributed by atoms with van der Waals surface area (Å²) >= 11 is 0. The molecule has 1 heterocycles. The number of methoxy groups -OCH3 is 1. The number of ether oxygens (including phenoxy) is 4. The van der Waals surface area contributed by atoms with Gasteiger partial charge in [-0.3, -0.25) is 0 Å². The highest BCUT2D eigenvalue weighted by Crippen LogP contribution is 2.25. The van der Waals surface area contributed by atoms with Crippen LogP contribution in [0.2, 0.25) is 0 Å². The van der Waals surface area contributed by atoms with Gasteiger partial charge in [0, 0.05) is 19.2 Å². The Morgan fingerprint density at radius 3 is 2.07 bits per heavy atom. The standard InChI is InChI=1S/C19H22N2O7/c1-25-8-9-26-10-11-27-12-13-28-17-7-3-5-15-19(17)21(24)14-4-2-6-16(22)18(14)20(15)23/h2-7,22H,8-13H2,1H3. The van der Waals surface area contributed by atoms with Crippen molar-refractivity contribution in [1.29, 1.82) is 0 Å². The summed E-state index contributed by atoms with van der Waals surface area (Å²) in [5.41, 5.74) is 0.175. The molecule has 0 aliphatic carbocycles. The summed E-state index contributed by atoms with van der Waals surface area (Å²) in [5, 5.41) is 35.4. The van der Waals surface area contributed by atoms with Gasteiger partial charge in [0.05, 0.1) is 33.0 Å². The number of aromatic nitrogens is 2. The summed E-state index contributed by atoms with van der Waals surface area (Å²) in [4.78, 5) is 0. The van der Waals surface area contributed by atoms with Crippen molar-refractivity contribution < 1.29 is 33.5 Å². The van der Waals surface area contributed by atoms with Gasteiger partial charge in [-0.05, 0) is 12.1 Å². The number of phenols is 1. The molecule has 9 heteroatoms. The molecular formula is C19H22N2O7. The molecule has 0 bridgehead atoms. The van der Waals surface area contributed by atoms with Gasteiger partial charge in [-0.25, -0.2) is 0 Å². The van der Waals surface area contributed by atoms with Crippen molar-refractivity contribution >= 4 is 22.1 Å². The fourth-order valence-electron chi connectivity index (χ4n) is 2.80. The first-order valence-corrected chi connectivity index (χ1v) is 8.82. The van der Waals surface area contributed by atoms with Crippen molar-refractivity contribution in [1.82, 2.24) is 0 Å². The molecule has 0 unspecified atom stereocenters. The van der Waals surface area contributed by atoms with Crippen molar-refractivity contribution in [3.8, 4) is 11.5 Å². The molecule has 0 fully saturated rings. The van der Waals surface area contributed by atoms with E-state index in [1.807, 2.05) is 0 Å². The fourth-order valence-corrected chi connectivity index (χ4v) is 2.80. The van der Waals surface area contributed by atoms with E-state index in [0.29, 0.717) is 42.5 Å². The SMILES string of the molecule is COCCOCCOCCOc1cccc2c1[n+]([O-])c1cccc(O)c1[n+]2[O-]. The average molecular weight is 390 g/mol. The van der Waals surface area contributed by atoms with Crippen LogP contribution in [0.5, 0.6) is 11.5 Å². The van der Waals surface area contributed by atoms with Crippen LogP contribution in [0.4, 0.5) is 0 Å². The Morgan fingerprint density at radius 2 is 1.36 bits per heavy atom. The summed E-state index contributed by atoms with van der Waals surface area (Å²) in [6.45, 7) is 2.40. The number of hydrogen-bond acceptors (Lipinski definition) is 7. The largest absolute Gasteiger partial charge is 0.617 e. The molecule has 1 N–H and O–H groups in total. The normalized spacial score (nSPS) is 11.3. The lowest BCUT2D eigenvalue weighted by molar-refractivity contribution is -0.591. The molecule has 0 saturated carbocycles. The first kappa shape index (κ1) is 19.9. The number of benzene rings is 2. The number of para-hydroxylation sites is 2. The van der Waals surface area contributed by atoms with Crippen LogP contribution in [0.3, 0.4) is 0 Å². The molecule has 0 amide bonds. The van der Waals surface area contributed by atoms with E-state index in [1.54, 1.807) is 19.2 Å². The van der Waals surface area contributed by atoms with Crippen LogP contribution in [-0.2, 0) is 14.2 Å². The lowest BCUT2D eigenvalue weighted by atomic mass is 10.2. The van der Waals surface area contributed by atoms with Crippen LogP contribution >= 0.6 is 0 Å². The second-order valence-electron chi connectivity index (χ2n) is 5.92. The van der Waals surface area contributed by atoms with E-state index < -0.39 is 0 Å². The molecule has 3 rings (SSSR count). The third kappa shape index (κ3) is 4.16. The monoisotopic (exact) mass is 390 g/mol. The Labute approximate surface area is 161 Å². The van der Waals surface area contributed by atoms with Crippen LogP contribution in [0.15, 0.2) is 36.4 Å². The summed E-state index contributed by atoms with van der Waals surface area (Å²) < 4.78 is 22.4. The number of hydrogen-bond donors (Lipinski definition) is 1. The summed E-state index contributed by atoms with van der Waals surface area (Å²) in [5.74, 6) is 0.00808. The third-order valence-corrected chi connectivity index (χ3v) is 4.10. The van der Waals surface area contributed by atoms with Crippen molar-refractivity contribution in [3.63, 3.8) is 0 Å². The highest BCUT2D eigenvalue weighted by atomic mass is 16.6. The van der Waals surface area contributed by atoms with E-state index in [0.717, 1.165) is 0 Å². The van der Waals surface area contributed by atoms with E-state index >= 15 is 0 Å². The highest BCUT2D eigenvalue weighted by Gasteiger charge is 2.26. The second-order valence-corrected chi connectivity index (χ2v) is 5.92. The fraction of sp³-hybridized carbons (Fsp3) is 0.368. The highest BCUT2D eigenvalue weighted by molar-refractivity contribution is 5.83. The summed E-state index contributed by atoms with van der Waals surface area (Å²) in [6.07, 6.45) is 0. The van der Waals surface area contributed by atoms with Crippen molar-refractivity contribution in [2.75, 3.05) is 46.8 Å². The van der Waals surface area contributed by atoms with Crippen LogP contribution in [0.1, 0.15) is 0 Å². The Kier molecular flexibility index (Phi) is 6.64. The van der Waals surface area contributed by atoms with Gasteiger partial charge in [-0.2, -0.15) is 9.46 Å². The number of rotatable bonds is 10. The van der Waals surface area contributed by atoms with Gasteiger partial charge in [0.15, 0.2) is 11.5 Å². The van der Waals surface area contributed by atoms with Crippen LogP contribution in [-0.4, -0.2) is 51.9 Å². The van der Waals surface area contributed by atoms with E-state index in [1.165, 1.54) is 24.3 Å². The lowest BCUT2D eigenvalue weighted by Crippen LogP contribution is -2.39. The maximum Gasteiger partial charge on any atom is 0.332 e. The molecule has 2 aromatic carbocycles. The number of fused-ring (bicyclic) bond motifs is 2. The van der Waals surface area contributed by atoms with Crippen molar-refractivity contribution in [3.05, 3.63) is 46.8 Å². The van der Waals surface area contributed by atoms with Crippen molar-refractivity contribution in [2.45, 2.75) is 0 Å². The second kappa shape index (κ2) is 9.36. The molecular weight excluding hydrogens is 368 g/mol. The van der Waals surface area contributed by atoms with Gasteiger partial charge < -0.3 is 34.5 Å². The first-order valence-electron chi connectivity index (χ1n) is 8.82. The molecule has 0 spiro atoms. The van der Waals surface area contributed by atoms with Gasteiger partial charge in [-0.1, -0.05) is 12.1 Å². The lowest BCUT2D eigenvalue weighted by Gasteiger charge is -2.12. The van der Waals surface area contributed by atoms with E-state index in [2.05, 4.69) is 0 Å². The van der Waals surface area contributed by atoms with Crippen LogP contribution in [0, 0.1) is 10.4 Å². The van der Waals surface area contributed by atoms with Gasteiger partial charge in [0.2, 0.25) is 0 Å². The molecule has 0 aliphatic rings. The summed E-state index contributed by atoms with van der Waals surface area (Å²) in [7, 11) is 1.61. The zero-order valence-electron chi connectivity index (χ0n) is 15.5. The van der Waals surface area contributed by atoms with Gasteiger partial charge >= 0.3 is 11.0 Å². The number of nitrogens with zero attached hydrogens (tertiary/aromatic N) is 2. The van der Waals surface area contributed by atoms with E-state index in [4.69, 9.17) is 18.9 Å². The Hall–Kier alpha value is -2.88. The van der Waals surface area contributed by atoms with Crippen LogP contribution < -0.4 is 14.2 Å². The molecule has 1 aromatic heterocycles. The molecule has 0 saturated heterocycles. The van der Waals surface area contributed by atoms with Crippen LogP contribution in [0.25, 0.3) is 22.1 Å². The predicted octanol–water partition coefficient (Wildman–Crippen LogP) is 1.02. The maximum absolute atomic E-state index is 12.8. The van der Waals surface area contributed by atoms with Gasteiger partial charge in [0.1, 0.15) is 6.61 Å². The molecule has 28 heavy (non-hydrogen) atoms. The zero-order chi connectivity index (χ0) is 19.9. The molecule has 150 valence electrons. The Balaban J connectivity index is 1.70. The van der Waals surface area contributed by atoms with Gasteiger partial charge in [-0.15, -0.1) is 0 Å². The molecule has 0 atom stereocenters. The molecule has 0 radical (unpaired) electrons. The minimum atomic E-state index is -0.258. The average Bonchev–Trinajstić information content (AvgIpc) is 2.70. The van der Waals surface area contributed by atoms with E-state index in [9.17, 15) is 15.5 Å². The van der Waals surface area contributed by atoms with Crippen molar-refractivity contribution in [2.24, 2.45) is 0 Å².